The van der Waals surface area contributed by atoms with E-state index in [-0.39, 0.29) is 5.76 Å². The van der Waals surface area contributed by atoms with Crippen molar-refractivity contribution in [3.05, 3.63) is 52.1 Å². The minimum absolute atomic E-state index is 0.0917. The minimum atomic E-state index is -1.64. The maximum absolute atomic E-state index is 13.3. The van der Waals surface area contributed by atoms with Crippen LogP contribution in [0.1, 0.15) is 10.6 Å². The molecule has 0 spiro atoms. The van der Waals surface area contributed by atoms with Gasteiger partial charge >= 0.3 is 0 Å². The molecule has 0 unspecified atom stereocenters. The zero-order valence-corrected chi connectivity index (χ0v) is 10.2. The number of rotatable bonds is 2. The lowest BCUT2D eigenvalue weighted by Gasteiger charge is -2.05. The van der Waals surface area contributed by atoms with E-state index in [4.69, 9.17) is 4.42 Å². The summed E-state index contributed by atoms with van der Waals surface area (Å²) in [5.74, 6) is -5.30. The van der Waals surface area contributed by atoms with Gasteiger partial charge in [-0.15, -0.1) is 0 Å². The van der Waals surface area contributed by atoms with Crippen LogP contribution >= 0.6 is 15.9 Å². The molecule has 1 aromatic heterocycles. The highest BCUT2D eigenvalue weighted by Gasteiger charge is 2.17. The van der Waals surface area contributed by atoms with E-state index in [0.29, 0.717) is 10.7 Å². The van der Waals surface area contributed by atoms with Crippen molar-refractivity contribution in [2.45, 2.75) is 0 Å². The number of nitrogens with one attached hydrogen (secondary N) is 1. The van der Waals surface area contributed by atoms with Crippen molar-refractivity contribution in [3.63, 3.8) is 0 Å². The van der Waals surface area contributed by atoms with Crippen molar-refractivity contribution in [2.75, 3.05) is 5.32 Å². The molecule has 1 heterocycles. The highest BCUT2D eigenvalue weighted by atomic mass is 79.9. The zero-order valence-electron chi connectivity index (χ0n) is 8.64. The van der Waals surface area contributed by atoms with Crippen LogP contribution in [-0.4, -0.2) is 5.91 Å². The topological polar surface area (TPSA) is 42.2 Å². The van der Waals surface area contributed by atoms with Crippen LogP contribution in [0.15, 0.2) is 33.4 Å². The summed E-state index contributed by atoms with van der Waals surface area (Å²) in [5, 5.41) is 2.07. The van der Waals surface area contributed by atoms with E-state index in [1.54, 1.807) is 0 Å². The Balaban J connectivity index is 2.25. The third kappa shape index (κ3) is 2.40. The molecular weight excluding hydrogens is 315 g/mol. The second-order valence-electron chi connectivity index (χ2n) is 3.28. The van der Waals surface area contributed by atoms with Crippen LogP contribution in [0.2, 0.25) is 0 Å². The van der Waals surface area contributed by atoms with Gasteiger partial charge in [-0.2, -0.15) is 0 Å². The van der Waals surface area contributed by atoms with Gasteiger partial charge in [-0.05, 0) is 40.2 Å². The van der Waals surface area contributed by atoms with Gasteiger partial charge in [-0.25, -0.2) is 13.2 Å². The molecule has 1 amide bonds. The lowest BCUT2D eigenvalue weighted by molar-refractivity contribution is 0.0995. The molecule has 0 fully saturated rings. The SMILES string of the molecule is O=C(Nc1ccc(F)c(F)c1F)c1ccc(Br)o1. The Kier molecular flexibility index (Phi) is 3.42. The molecule has 2 rings (SSSR count). The number of amides is 1. The lowest BCUT2D eigenvalue weighted by atomic mass is 10.2. The molecule has 94 valence electrons. The van der Waals surface area contributed by atoms with E-state index < -0.39 is 29.0 Å². The van der Waals surface area contributed by atoms with Crippen LogP contribution in [0.4, 0.5) is 18.9 Å². The maximum Gasteiger partial charge on any atom is 0.291 e. The number of carbonyl (C=O) groups is 1. The van der Waals surface area contributed by atoms with Gasteiger partial charge < -0.3 is 9.73 Å². The van der Waals surface area contributed by atoms with E-state index in [1.807, 2.05) is 0 Å². The minimum Gasteiger partial charge on any atom is -0.444 e. The average Bonchev–Trinajstić information content (AvgIpc) is 2.77. The second-order valence-corrected chi connectivity index (χ2v) is 4.06. The van der Waals surface area contributed by atoms with Crippen LogP contribution < -0.4 is 5.32 Å². The molecule has 0 aliphatic rings. The Morgan fingerprint density at radius 3 is 2.44 bits per heavy atom. The first-order valence-electron chi connectivity index (χ1n) is 4.69. The summed E-state index contributed by atoms with van der Waals surface area (Å²) in [6.45, 7) is 0. The van der Waals surface area contributed by atoms with E-state index in [0.717, 1.165) is 6.07 Å². The Bertz CT molecular complexity index is 612. The second kappa shape index (κ2) is 4.85. The summed E-state index contributed by atoms with van der Waals surface area (Å²) in [4.78, 5) is 11.6. The molecule has 0 bridgehead atoms. The van der Waals surface area contributed by atoms with Crippen molar-refractivity contribution in [2.24, 2.45) is 0 Å². The highest BCUT2D eigenvalue weighted by Crippen LogP contribution is 2.21. The lowest BCUT2D eigenvalue weighted by Crippen LogP contribution is -2.13. The fourth-order valence-electron chi connectivity index (χ4n) is 1.24. The fraction of sp³-hybridized carbons (Fsp3) is 0. The van der Waals surface area contributed by atoms with Gasteiger partial charge in [-0.1, -0.05) is 0 Å². The van der Waals surface area contributed by atoms with Crippen LogP contribution in [0, 0.1) is 17.5 Å². The van der Waals surface area contributed by atoms with Crippen molar-refractivity contribution in [1.82, 2.24) is 0 Å². The number of hydrogen-bond acceptors (Lipinski definition) is 2. The molecule has 0 aliphatic carbocycles. The van der Waals surface area contributed by atoms with Gasteiger partial charge in [0, 0.05) is 0 Å². The van der Waals surface area contributed by atoms with Crippen molar-refractivity contribution >= 4 is 27.5 Å². The standard InChI is InChI=1S/C11H5BrF3NO2/c12-8-4-3-7(18-8)11(17)16-6-2-1-5(13)9(14)10(6)15/h1-4H,(H,16,17). The van der Waals surface area contributed by atoms with Crippen molar-refractivity contribution in [3.8, 4) is 0 Å². The molecule has 0 saturated carbocycles. The number of hydrogen-bond donors (Lipinski definition) is 1. The molecule has 2 aromatic rings. The third-order valence-corrected chi connectivity index (χ3v) is 2.51. The summed E-state index contributed by atoms with van der Waals surface area (Å²) < 4.78 is 44.1. The van der Waals surface area contributed by atoms with E-state index in [9.17, 15) is 18.0 Å². The van der Waals surface area contributed by atoms with Crippen LogP contribution in [0.25, 0.3) is 0 Å². The largest absolute Gasteiger partial charge is 0.444 e. The van der Waals surface area contributed by atoms with Crippen molar-refractivity contribution in [1.29, 1.82) is 0 Å². The van der Waals surface area contributed by atoms with Gasteiger partial charge in [0.15, 0.2) is 27.9 Å². The van der Waals surface area contributed by atoms with Crippen LogP contribution in [-0.2, 0) is 0 Å². The molecule has 0 saturated heterocycles. The molecule has 0 aliphatic heterocycles. The molecule has 7 heteroatoms. The van der Waals surface area contributed by atoms with Gasteiger partial charge in [-0.3, -0.25) is 4.79 Å². The number of furan rings is 1. The van der Waals surface area contributed by atoms with E-state index in [2.05, 4.69) is 21.2 Å². The molecule has 1 N–H and O–H groups in total. The van der Waals surface area contributed by atoms with Crippen molar-refractivity contribution < 1.29 is 22.4 Å². The zero-order chi connectivity index (χ0) is 13.3. The number of carbonyl (C=O) groups excluding carboxylic acids is 1. The normalized spacial score (nSPS) is 10.4. The van der Waals surface area contributed by atoms with Gasteiger partial charge in [0.2, 0.25) is 0 Å². The quantitative estimate of drug-likeness (QED) is 0.857. The monoisotopic (exact) mass is 319 g/mol. The Labute approximate surface area is 108 Å². The summed E-state index contributed by atoms with van der Waals surface area (Å²) in [5.41, 5.74) is -0.466. The summed E-state index contributed by atoms with van der Waals surface area (Å²) >= 11 is 2.99. The molecule has 18 heavy (non-hydrogen) atoms. The Morgan fingerprint density at radius 2 is 1.83 bits per heavy atom. The average molecular weight is 320 g/mol. The summed E-state index contributed by atoms with van der Waals surface area (Å²) in [6, 6.07) is 4.45. The van der Waals surface area contributed by atoms with Gasteiger partial charge in [0.25, 0.3) is 5.91 Å². The van der Waals surface area contributed by atoms with Crippen LogP contribution in [0.5, 0.6) is 0 Å². The number of halogens is 4. The predicted molar refractivity (Wildman–Crippen MR) is 60.7 cm³/mol. The fourth-order valence-corrected chi connectivity index (χ4v) is 1.55. The first-order valence-corrected chi connectivity index (χ1v) is 5.48. The molecule has 0 atom stereocenters. The number of benzene rings is 1. The molecular formula is C11H5BrF3NO2. The summed E-state index contributed by atoms with van der Waals surface area (Å²) in [7, 11) is 0. The van der Waals surface area contributed by atoms with Gasteiger partial charge in [0.05, 0.1) is 5.69 Å². The molecule has 0 radical (unpaired) electrons. The predicted octanol–water partition coefficient (Wildman–Crippen LogP) is 3.71. The Morgan fingerprint density at radius 1 is 1.11 bits per heavy atom. The van der Waals surface area contributed by atoms with Gasteiger partial charge in [0.1, 0.15) is 0 Å². The smallest absolute Gasteiger partial charge is 0.291 e. The van der Waals surface area contributed by atoms with Crippen LogP contribution in [0.3, 0.4) is 0 Å². The number of anilines is 1. The van der Waals surface area contributed by atoms with E-state index in [1.165, 1.54) is 12.1 Å². The first-order chi connectivity index (χ1) is 8.49. The van der Waals surface area contributed by atoms with E-state index >= 15 is 0 Å². The highest BCUT2D eigenvalue weighted by molar-refractivity contribution is 9.10. The first kappa shape index (κ1) is 12.7. The summed E-state index contributed by atoms with van der Waals surface area (Å²) in [6.07, 6.45) is 0. The molecule has 1 aromatic carbocycles. The maximum atomic E-state index is 13.3. The third-order valence-electron chi connectivity index (χ3n) is 2.08. The molecule has 3 nitrogen and oxygen atoms in total. The Hall–Kier alpha value is -1.76.